The highest BCUT2D eigenvalue weighted by Crippen LogP contribution is 2.24. The summed E-state index contributed by atoms with van der Waals surface area (Å²) in [6.45, 7) is 2.00. The number of amidine groups is 1. The zero-order valence-electron chi connectivity index (χ0n) is 8.74. The van der Waals surface area contributed by atoms with Crippen molar-refractivity contribution in [2.75, 3.05) is 0 Å². The maximum Gasteiger partial charge on any atom is 0.123 e. The van der Waals surface area contributed by atoms with Gasteiger partial charge in [0.2, 0.25) is 0 Å². The van der Waals surface area contributed by atoms with Crippen LogP contribution in [0.25, 0.3) is 0 Å². The molecule has 0 saturated heterocycles. The Kier molecular flexibility index (Phi) is 3.05. The number of nitrogens with zero attached hydrogens (tertiary/aromatic N) is 2. The lowest BCUT2D eigenvalue weighted by molar-refractivity contribution is 0.626. The second kappa shape index (κ2) is 4.33. The van der Waals surface area contributed by atoms with Gasteiger partial charge in [-0.1, -0.05) is 22.9 Å². The molecule has 1 aliphatic rings. The predicted molar refractivity (Wildman–Crippen MR) is 66.0 cm³/mol. The zero-order chi connectivity index (χ0) is 11.7. The Morgan fingerprint density at radius 2 is 2.19 bits per heavy atom. The van der Waals surface area contributed by atoms with Crippen molar-refractivity contribution in [1.29, 1.82) is 0 Å². The fourth-order valence-corrected chi connectivity index (χ4v) is 2.13. The molecule has 5 heteroatoms. The average Bonchev–Trinajstić information content (AvgIpc) is 2.22. The molecule has 1 unspecified atom stereocenters. The van der Waals surface area contributed by atoms with Crippen LogP contribution in [0.15, 0.2) is 32.9 Å². The third-order valence-corrected chi connectivity index (χ3v) is 3.16. The molecule has 1 aromatic carbocycles. The topological polar surface area (TPSA) is 50.7 Å². The van der Waals surface area contributed by atoms with Gasteiger partial charge >= 0.3 is 0 Å². The maximum absolute atomic E-state index is 13.2. The van der Waals surface area contributed by atoms with E-state index in [9.17, 15) is 4.39 Å². The fourth-order valence-electron chi connectivity index (χ4n) is 1.68. The molecule has 0 amide bonds. The molecule has 3 nitrogen and oxygen atoms in total. The lowest BCUT2D eigenvalue weighted by Gasteiger charge is -2.18. The number of hydrogen-bond donors (Lipinski definition) is 1. The van der Waals surface area contributed by atoms with E-state index in [4.69, 9.17) is 5.73 Å². The normalized spacial score (nSPS) is 20.3. The van der Waals surface area contributed by atoms with Gasteiger partial charge in [0.15, 0.2) is 0 Å². The molecule has 0 radical (unpaired) electrons. The molecule has 1 heterocycles. The Morgan fingerprint density at radius 3 is 2.88 bits per heavy atom. The van der Waals surface area contributed by atoms with E-state index in [-0.39, 0.29) is 11.7 Å². The summed E-state index contributed by atoms with van der Waals surface area (Å²) < 4.78 is 14.0. The quantitative estimate of drug-likeness (QED) is 0.847. The van der Waals surface area contributed by atoms with Gasteiger partial charge < -0.3 is 5.73 Å². The second-order valence-electron chi connectivity index (χ2n) is 3.81. The van der Waals surface area contributed by atoms with E-state index in [0.29, 0.717) is 12.3 Å². The summed E-state index contributed by atoms with van der Waals surface area (Å²) in [7, 11) is 0. The monoisotopic (exact) mass is 283 g/mol. The van der Waals surface area contributed by atoms with Crippen molar-refractivity contribution < 1.29 is 4.39 Å². The smallest absolute Gasteiger partial charge is 0.123 e. The summed E-state index contributed by atoms with van der Waals surface area (Å²) in [5, 5.41) is 7.89. The van der Waals surface area contributed by atoms with Crippen LogP contribution in [-0.4, -0.2) is 11.5 Å². The summed E-state index contributed by atoms with van der Waals surface area (Å²) in [5.74, 6) is 0.384. The van der Waals surface area contributed by atoms with E-state index in [0.717, 1.165) is 15.7 Å². The predicted octanol–water partition coefficient (Wildman–Crippen LogP) is 2.69. The van der Waals surface area contributed by atoms with Gasteiger partial charge in [0.1, 0.15) is 11.7 Å². The van der Waals surface area contributed by atoms with Gasteiger partial charge in [0, 0.05) is 22.4 Å². The van der Waals surface area contributed by atoms with Crippen LogP contribution < -0.4 is 5.73 Å². The Hall–Kier alpha value is -1.23. The van der Waals surface area contributed by atoms with Crippen molar-refractivity contribution >= 4 is 27.5 Å². The molecule has 16 heavy (non-hydrogen) atoms. The summed E-state index contributed by atoms with van der Waals surface area (Å²) in [4.78, 5) is 0. The molecule has 1 aromatic rings. The molecule has 84 valence electrons. The van der Waals surface area contributed by atoms with Gasteiger partial charge in [0.25, 0.3) is 0 Å². The zero-order valence-corrected chi connectivity index (χ0v) is 10.3. The number of rotatable bonds is 1. The highest BCUT2D eigenvalue weighted by Gasteiger charge is 2.20. The summed E-state index contributed by atoms with van der Waals surface area (Å²) >= 11 is 3.38. The first-order chi connectivity index (χ1) is 7.58. The van der Waals surface area contributed by atoms with Gasteiger partial charge in [-0.2, -0.15) is 5.10 Å². The lowest BCUT2D eigenvalue weighted by Crippen LogP contribution is -2.25. The Balaban J connectivity index is 2.48. The van der Waals surface area contributed by atoms with Crippen LogP contribution in [0.5, 0.6) is 0 Å². The fraction of sp³-hybridized carbons (Fsp3) is 0.273. The maximum atomic E-state index is 13.2. The van der Waals surface area contributed by atoms with Crippen LogP contribution in [0.4, 0.5) is 4.39 Å². The Bertz CT molecular complexity index is 482. The number of halogens is 2. The van der Waals surface area contributed by atoms with Crippen molar-refractivity contribution in [2.45, 2.75) is 13.3 Å². The first kappa shape index (κ1) is 11.3. The van der Waals surface area contributed by atoms with Crippen LogP contribution in [-0.2, 0) is 0 Å². The standard InChI is InChI=1S/C11H11BrFN3/c1-6-4-10(14)15-16-11(6)8-5-7(13)2-3-9(8)12/h2-3,5-6H,4H2,1H3,(H2,14,15). The largest absolute Gasteiger partial charge is 0.386 e. The Labute approximate surface area is 101 Å². The lowest BCUT2D eigenvalue weighted by atomic mass is 9.94. The van der Waals surface area contributed by atoms with Crippen LogP contribution in [0.1, 0.15) is 18.9 Å². The molecule has 0 fully saturated rings. The van der Waals surface area contributed by atoms with Crippen molar-refractivity contribution in [2.24, 2.45) is 21.9 Å². The third kappa shape index (κ3) is 2.14. The SMILES string of the molecule is CC1CC(N)=NN=C1c1cc(F)ccc1Br. The van der Waals surface area contributed by atoms with Gasteiger partial charge in [-0.15, -0.1) is 5.10 Å². The first-order valence-corrected chi connectivity index (χ1v) is 5.72. The third-order valence-electron chi connectivity index (χ3n) is 2.47. The van der Waals surface area contributed by atoms with E-state index in [1.54, 1.807) is 6.07 Å². The average molecular weight is 284 g/mol. The molecular formula is C11H11BrFN3. The number of benzene rings is 1. The molecule has 0 spiro atoms. The Morgan fingerprint density at radius 1 is 1.44 bits per heavy atom. The second-order valence-corrected chi connectivity index (χ2v) is 4.66. The van der Waals surface area contributed by atoms with E-state index in [2.05, 4.69) is 26.1 Å². The molecule has 0 saturated carbocycles. The highest BCUT2D eigenvalue weighted by atomic mass is 79.9. The van der Waals surface area contributed by atoms with E-state index in [1.165, 1.54) is 12.1 Å². The van der Waals surface area contributed by atoms with Crippen molar-refractivity contribution in [3.05, 3.63) is 34.1 Å². The molecule has 0 aliphatic carbocycles. The van der Waals surface area contributed by atoms with Gasteiger partial charge in [-0.3, -0.25) is 0 Å². The molecule has 2 N–H and O–H groups in total. The minimum absolute atomic E-state index is 0.149. The van der Waals surface area contributed by atoms with E-state index in [1.807, 2.05) is 6.92 Å². The van der Waals surface area contributed by atoms with Gasteiger partial charge in [-0.25, -0.2) is 4.39 Å². The molecule has 0 aromatic heterocycles. The van der Waals surface area contributed by atoms with Crippen molar-refractivity contribution in [3.63, 3.8) is 0 Å². The van der Waals surface area contributed by atoms with Gasteiger partial charge in [0.05, 0.1) is 5.71 Å². The highest BCUT2D eigenvalue weighted by molar-refractivity contribution is 9.10. The summed E-state index contributed by atoms with van der Waals surface area (Å²) in [6.07, 6.45) is 0.655. The first-order valence-electron chi connectivity index (χ1n) is 4.93. The molecule has 1 atom stereocenters. The molecular weight excluding hydrogens is 273 g/mol. The minimum atomic E-state index is -0.282. The number of nitrogens with two attached hydrogens (primary N) is 1. The van der Waals surface area contributed by atoms with Crippen LogP contribution in [0.3, 0.4) is 0 Å². The summed E-state index contributed by atoms with van der Waals surface area (Å²) in [5.41, 5.74) is 7.09. The van der Waals surface area contributed by atoms with E-state index >= 15 is 0 Å². The number of hydrogen-bond acceptors (Lipinski definition) is 3. The van der Waals surface area contributed by atoms with Crippen molar-refractivity contribution in [3.8, 4) is 0 Å². The minimum Gasteiger partial charge on any atom is -0.386 e. The van der Waals surface area contributed by atoms with Gasteiger partial charge in [-0.05, 0) is 18.2 Å². The van der Waals surface area contributed by atoms with Crippen LogP contribution in [0, 0.1) is 11.7 Å². The van der Waals surface area contributed by atoms with Crippen LogP contribution >= 0.6 is 15.9 Å². The molecule has 0 bridgehead atoms. The summed E-state index contributed by atoms with van der Waals surface area (Å²) in [6, 6.07) is 4.53. The van der Waals surface area contributed by atoms with Crippen molar-refractivity contribution in [1.82, 2.24) is 0 Å². The molecule has 1 aliphatic heterocycles. The molecule has 2 rings (SSSR count). The van der Waals surface area contributed by atoms with E-state index < -0.39 is 0 Å². The van der Waals surface area contributed by atoms with Crippen LogP contribution in [0.2, 0.25) is 0 Å².